The topological polar surface area (TPSA) is 87.1 Å². The zero-order valence-electron chi connectivity index (χ0n) is 24.7. The molecule has 0 aliphatic heterocycles. The summed E-state index contributed by atoms with van der Waals surface area (Å²) in [6.07, 6.45) is 0.362. The third-order valence-electron chi connectivity index (χ3n) is 7.25. The van der Waals surface area contributed by atoms with Gasteiger partial charge in [-0.1, -0.05) is 78.9 Å². The second-order valence-corrected chi connectivity index (χ2v) is 10.2. The number of rotatable bonds is 14. The SMILES string of the molecule is CCOc1cccc(CCN(CCC(=O)O)C(=O)c2ccccc2-c2ccccc2C(=O)N(CC)Cc2ccccc2)c1. The Kier molecular flexibility index (Phi) is 11.1. The van der Waals surface area contributed by atoms with Crippen LogP contribution in [0.1, 0.15) is 52.1 Å². The Morgan fingerprint density at radius 1 is 0.674 bits per heavy atom. The van der Waals surface area contributed by atoms with E-state index < -0.39 is 5.97 Å². The summed E-state index contributed by atoms with van der Waals surface area (Å²) in [4.78, 5) is 42.8. The van der Waals surface area contributed by atoms with Crippen molar-refractivity contribution in [1.82, 2.24) is 9.80 Å². The maximum Gasteiger partial charge on any atom is 0.305 e. The maximum atomic E-state index is 14.1. The van der Waals surface area contributed by atoms with E-state index in [9.17, 15) is 19.5 Å². The van der Waals surface area contributed by atoms with E-state index in [1.165, 1.54) is 0 Å². The minimum Gasteiger partial charge on any atom is -0.494 e. The standard InChI is InChI=1S/C36H38N2O5/c1-3-37(26-28-13-6-5-7-14-28)35(41)32-19-10-8-17-30(32)31-18-9-11-20-33(31)36(42)38(24-22-34(39)40)23-21-27-15-12-16-29(25-27)43-4-2/h5-20,25H,3-4,21-24,26H2,1-2H3,(H,39,40). The first-order valence-electron chi connectivity index (χ1n) is 14.7. The molecule has 0 spiro atoms. The first-order chi connectivity index (χ1) is 20.9. The number of carboxylic acids is 1. The molecule has 0 aromatic heterocycles. The van der Waals surface area contributed by atoms with Crippen LogP contribution in [0.5, 0.6) is 5.75 Å². The van der Waals surface area contributed by atoms with Gasteiger partial charge in [-0.3, -0.25) is 14.4 Å². The molecule has 4 rings (SSSR count). The average Bonchev–Trinajstić information content (AvgIpc) is 3.04. The first-order valence-corrected chi connectivity index (χ1v) is 14.7. The Labute approximate surface area is 253 Å². The molecule has 0 saturated carbocycles. The van der Waals surface area contributed by atoms with E-state index in [0.717, 1.165) is 16.9 Å². The van der Waals surface area contributed by atoms with Gasteiger partial charge in [0.1, 0.15) is 5.75 Å². The summed E-state index contributed by atoms with van der Waals surface area (Å²) >= 11 is 0. The van der Waals surface area contributed by atoms with Crippen LogP contribution in [0.4, 0.5) is 0 Å². The third kappa shape index (κ3) is 8.32. The Hall–Kier alpha value is -4.91. The number of carbonyl (C=O) groups excluding carboxylic acids is 2. The molecule has 0 unspecified atom stereocenters. The van der Waals surface area contributed by atoms with Crippen LogP contribution in [-0.4, -0.2) is 58.9 Å². The fourth-order valence-corrected chi connectivity index (χ4v) is 5.05. The van der Waals surface area contributed by atoms with Gasteiger partial charge in [-0.15, -0.1) is 0 Å². The number of carbonyl (C=O) groups is 3. The van der Waals surface area contributed by atoms with Gasteiger partial charge >= 0.3 is 5.97 Å². The number of benzene rings is 4. The molecule has 222 valence electrons. The van der Waals surface area contributed by atoms with Crippen molar-refractivity contribution in [3.05, 3.63) is 125 Å². The lowest BCUT2D eigenvalue weighted by Crippen LogP contribution is -2.35. The summed E-state index contributed by atoms with van der Waals surface area (Å²) in [6.45, 7) is 5.81. The van der Waals surface area contributed by atoms with Gasteiger partial charge in [0.05, 0.1) is 13.0 Å². The zero-order chi connectivity index (χ0) is 30.6. The molecule has 0 fully saturated rings. The number of amides is 2. The maximum absolute atomic E-state index is 14.1. The van der Waals surface area contributed by atoms with Crippen LogP contribution in [-0.2, 0) is 17.8 Å². The van der Waals surface area contributed by atoms with Crippen molar-refractivity contribution < 1.29 is 24.2 Å². The molecule has 0 heterocycles. The van der Waals surface area contributed by atoms with Crippen LogP contribution in [0.25, 0.3) is 11.1 Å². The van der Waals surface area contributed by atoms with E-state index in [0.29, 0.717) is 54.9 Å². The molecule has 7 heteroatoms. The van der Waals surface area contributed by atoms with E-state index in [2.05, 4.69) is 0 Å². The van der Waals surface area contributed by atoms with Crippen LogP contribution < -0.4 is 4.74 Å². The fraction of sp³-hybridized carbons (Fsp3) is 0.250. The molecule has 2 amide bonds. The molecule has 4 aromatic rings. The van der Waals surface area contributed by atoms with Crippen molar-refractivity contribution in [2.24, 2.45) is 0 Å². The predicted molar refractivity (Wildman–Crippen MR) is 168 cm³/mol. The molecule has 7 nitrogen and oxygen atoms in total. The lowest BCUT2D eigenvalue weighted by Gasteiger charge is -2.25. The van der Waals surface area contributed by atoms with Crippen molar-refractivity contribution in [3.63, 3.8) is 0 Å². The largest absolute Gasteiger partial charge is 0.494 e. The van der Waals surface area contributed by atoms with Gasteiger partial charge in [-0.2, -0.15) is 0 Å². The number of hydrogen-bond donors (Lipinski definition) is 1. The minimum absolute atomic E-state index is 0.0644. The molecule has 0 aliphatic carbocycles. The number of aliphatic carboxylic acids is 1. The monoisotopic (exact) mass is 578 g/mol. The normalized spacial score (nSPS) is 10.7. The van der Waals surface area contributed by atoms with E-state index in [4.69, 9.17) is 4.74 Å². The van der Waals surface area contributed by atoms with Crippen LogP contribution in [0, 0.1) is 0 Å². The summed E-state index contributed by atoms with van der Waals surface area (Å²) in [5.74, 6) is -0.625. The summed E-state index contributed by atoms with van der Waals surface area (Å²) in [5, 5.41) is 9.41. The van der Waals surface area contributed by atoms with Crippen molar-refractivity contribution in [2.45, 2.75) is 33.2 Å². The van der Waals surface area contributed by atoms with Crippen LogP contribution in [0.15, 0.2) is 103 Å². The number of hydrogen-bond acceptors (Lipinski definition) is 4. The zero-order valence-corrected chi connectivity index (χ0v) is 24.7. The molecule has 4 aromatic carbocycles. The van der Waals surface area contributed by atoms with Gasteiger partial charge in [0.25, 0.3) is 11.8 Å². The van der Waals surface area contributed by atoms with E-state index >= 15 is 0 Å². The average molecular weight is 579 g/mol. The Bertz CT molecular complexity index is 1540. The highest BCUT2D eigenvalue weighted by Crippen LogP contribution is 2.30. The number of carboxylic acid groups (broad SMARTS) is 1. The second kappa shape index (κ2) is 15.4. The van der Waals surface area contributed by atoms with Crippen molar-refractivity contribution in [2.75, 3.05) is 26.2 Å². The predicted octanol–water partition coefficient (Wildman–Crippen LogP) is 6.57. The van der Waals surface area contributed by atoms with Crippen LogP contribution in [0.2, 0.25) is 0 Å². The summed E-state index contributed by atoms with van der Waals surface area (Å²) < 4.78 is 5.61. The Morgan fingerprint density at radius 3 is 1.86 bits per heavy atom. The van der Waals surface area contributed by atoms with Gasteiger partial charge in [0.2, 0.25) is 0 Å². The first kappa shape index (κ1) is 31.0. The molecule has 0 aliphatic rings. The lowest BCUT2D eigenvalue weighted by atomic mass is 9.93. The Balaban J connectivity index is 1.64. The van der Waals surface area contributed by atoms with Crippen LogP contribution in [0.3, 0.4) is 0 Å². The summed E-state index contributed by atoms with van der Waals surface area (Å²) in [6, 6.07) is 32.1. The summed E-state index contributed by atoms with van der Waals surface area (Å²) in [5.41, 5.74) is 4.23. The highest BCUT2D eigenvalue weighted by atomic mass is 16.5. The van der Waals surface area contributed by atoms with Crippen molar-refractivity contribution >= 4 is 17.8 Å². The summed E-state index contributed by atoms with van der Waals surface area (Å²) in [7, 11) is 0. The molecular weight excluding hydrogens is 540 g/mol. The molecule has 0 saturated heterocycles. The highest BCUT2D eigenvalue weighted by Gasteiger charge is 2.24. The molecular formula is C36H38N2O5. The van der Waals surface area contributed by atoms with Gasteiger partial charge in [0.15, 0.2) is 0 Å². The minimum atomic E-state index is -0.974. The van der Waals surface area contributed by atoms with Crippen LogP contribution >= 0.6 is 0 Å². The van der Waals surface area contributed by atoms with E-state index in [1.807, 2.05) is 98.8 Å². The Morgan fingerprint density at radius 2 is 1.26 bits per heavy atom. The lowest BCUT2D eigenvalue weighted by molar-refractivity contribution is -0.137. The van der Waals surface area contributed by atoms with Gasteiger partial charge in [-0.25, -0.2) is 0 Å². The van der Waals surface area contributed by atoms with E-state index in [1.54, 1.807) is 28.0 Å². The van der Waals surface area contributed by atoms with Gasteiger partial charge in [-0.05, 0) is 66.8 Å². The van der Waals surface area contributed by atoms with Crippen molar-refractivity contribution in [3.8, 4) is 16.9 Å². The molecule has 0 bridgehead atoms. The highest BCUT2D eigenvalue weighted by molar-refractivity contribution is 6.06. The van der Waals surface area contributed by atoms with Gasteiger partial charge < -0.3 is 19.6 Å². The number of nitrogens with zero attached hydrogens (tertiary/aromatic N) is 2. The third-order valence-corrected chi connectivity index (χ3v) is 7.25. The molecule has 1 N–H and O–H groups in total. The fourth-order valence-electron chi connectivity index (χ4n) is 5.05. The van der Waals surface area contributed by atoms with Gasteiger partial charge in [0, 0.05) is 37.3 Å². The molecule has 0 radical (unpaired) electrons. The van der Waals surface area contributed by atoms with Crippen molar-refractivity contribution in [1.29, 1.82) is 0 Å². The molecule has 0 atom stereocenters. The second-order valence-electron chi connectivity index (χ2n) is 10.2. The molecule has 43 heavy (non-hydrogen) atoms. The quantitative estimate of drug-likeness (QED) is 0.183. The van der Waals surface area contributed by atoms with E-state index in [-0.39, 0.29) is 24.8 Å². The smallest absolute Gasteiger partial charge is 0.305 e. The number of ether oxygens (including phenoxy) is 1.